The Hall–Kier alpha value is -0.760. The molecule has 2 saturated heterocycles. The van der Waals surface area contributed by atoms with Gasteiger partial charge in [-0.2, -0.15) is 0 Å². The van der Waals surface area contributed by atoms with E-state index in [0.717, 1.165) is 18.4 Å². The van der Waals surface area contributed by atoms with Crippen molar-refractivity contribution in [2.24, 2.45) is 17.8 Å². The number of hydrogen-bond donors (Lipinski definition) is 2. The molecule has 2 aliphatic rings. The number of nitrogens with one attached hydrogen (secondary N) is 2. The summed E-state index contributed by atoms with van der Waals surface area (Å²) in [7, 11) is 0. The van der Waals surface area contributed by atoms with Gasteiger partial charge in [-0.05, 0) is 56.6 Å². The highest BCUT2D eigenvalue weighted by molar-refractivity contribution is 5.38. The van der Waals surface area contributed by atoms with E-state index in [0.29, 0.717) is 12.0 Å². The third kappa shape index (κ3) is 3.88. The fourth-order valence-electron chi connectivity index (χ4n) is 3.80. The van der Waals surface area contributed by atoms with Crippen molar-refractivity contribution < 1.29 is 0 Å². The van der Waals surface area contributed by atoms with E-state index in [-0.39, 0.29) is 0 Å². The summed E-state index contributed by atoms with van der Waals surface area (Å²) >= 11 is 0. The molecule has 0 aromatic heterocycles. The van der Waals surface area contributed by atoms with E-state index < -0.39 is 0 Å². The summed E-state index contributed by atoms with van der Waals surface area (Å²) in [5, 5.41) is 7.38. The zero-order valence-corrected chi connectivity index (χ0v) is 13.7. The third-order valence-electron chi connectivity index (χ3n) is 4.68. The molecule has 0 saturated carbocycles. The van der Waals surface area contributed by atoms with Crippen LogP contribution in [0.2, 0.25) is 0 Å². The quantitative estimate of drug-likeness (QED) is 0.815. The molecule has 0 spiro atoms. The van der Waals surface area contributed by atoms with Gasteiger partial charge in [0.1, 0.15) is 0 Å². The van der Waals surface area contributed by atoms with Crippen molar-refractivity contribution in [3.05, 3.63) is 23.4 Å². The normalized spacial score (nSPS) is 32.2. The first-order valence-electron chi connectivity index (χ1n) is 8.45. The lowest BCUT2D eigenvalue weighted by molar-refractivity contribution is 0.441. The average molecular weight is 276 g/mol. The molecule has 2 fully saturated rings. The maximum atomic E-state index is 3.80. The van der Waals surface area contributed by atoms with Gasteiger partial charge >= 0.3 is 0 Å². The number of hydrogen-bond acceptors (Lipinski definition) is 2. The molecular weight excluding hydrogens is 244 g/mol. The van der Waals surface area contributed by atoms with Gasteiger partial charge in [-0.3, -0.25) is 0 Å². The SMILES string of the molecule is C/C=C1\C(=C/CC(C)CC(C)C)N[C@@H]2CCCNC[C@@H]12. The van der Waals surface area contributed by atoms with Crippen molar-refractivity contribution in [3.63, 3.8) is 0 Å². The molecule has 0 aliphatic carbocycles. The van der Waals surface area contributed by atoms with E-state index in [2.05, 4.69) is 50.5 Å². The van der Waals surface area contributed by atoms with Crippen molar-refractivity contribution in [1.29, 1.82) is 0 Å². The predicted octanol–water partition coefficient (Wildman–Crippen LogP) is 3.86. The minimum Gasteiger partial charge on any atom is -0.382 e. The van der Waals surface area contributed by atoms with Gasteiger partial charge in [0, 0.05) is 24.2 Å². The van der Waals surface area contributed by atoms with Gasteiger partial charge < -0.3 is 10.6 Å². The minimum atomic E-state index is 0.655. The first-order chi connectivity index (χ1) is 9.61. The standard InChI is InChI=1S/C18H32N2/c1-5-15-16-12-19-10-6-7-17(16)20-18(15)9-8-14(4)11-13(2)3/h5,9,13-14,16-17,19-20H,6-8,10-12H2,1-4H3/b15-5-,18-9+/t14?,16-,17+/m0/s1. The van der Waals surface area contributed by atoms with Crippen LogP contribution in [0.3, 0.4) is 0 Å². The summed E-state index contributed by atoms with van der Waals surface area (Å²) in [5.74, 6) is 2.26. The molecular formula is C18H32N2. The molecule has 0 amide bonds. The number of rotatable bonds is 4. The summed E-state index contributed by atoms with van der Waals surface area (Å²) in [6.45, 7) is 11.5. The van der Waals surface area contributed by atoms with Gasteiger partial charge in [-0.25, -0.2) is 0 Å². The van der Waals surface area contributed by atoms with Crippen LogP contribution in [0.5, 0.6) is 0 Å². The molecule has 0 bridgehead atoms. The molecule has 2 heteroatoms. The molecule has 0 aromatic rings. The zero-order chi connectivity index (χ0) is 14.5. The number of allylic oxidation sites excluding steroid dienone is 3. The first kappa shape index (κ1) is 15.6. The van der Waals surface area contributed by atoms with Crippen LogP contribution in [0.1, 0.15) is 53.4 Å². The van der Waals surface area contributed by atoms with Crippen molar-refractivity contribution >= 4 is 0 Å². The van der Waals surface area contributed by atoms with Crippen molar-refractivity contribution in [2.45, 2.75) is 59.4 Å². The van der Waals surface area contributed by atoms with Crippen LogP contribution in [0.4, 0.5) is 0 Å². The summed E-state index contributed by atoms with van der Waals surface area (Å²) in [5.41, 5.74) is 2.96. The Morgan fingerprint density at radius 2 is 2.10 bits per heavy atom. The zero-order valence-electron chi connectivity index (χ0n) is 13.7. The fraction of sp³-hybridized carbons (Fsp3) is 0.778. The van der Waals surface area contributed by atoms with Crippen molar-refractivity contribution in [2.75, 3.05) is 13.1 Å². The molecule has 2 nitrogen and oxygen atoms in total. The Kier molecular flexibility index (Phi) is 5.71. The Balaban J connectivity index is 2.01. The average Bonchev–Trinajstić information content (AvgIpc) is 2.55. The second-order valence-electron chi connectivity index (χ2n) is 7.04. The summed E-state index contributed by atoms with van der Waals surface area (Å²) < 4.78 is 0. The van der Waals surface area contributed by atoms with Crippen LogP contribution in [-0.2, 0) is 0 Å². The van der Waals surface area contributed by atoms with Gasteiger partial charge in [0.05, 0.1) is 0 Å². The van der Waals surface area contributed by atoms with Crippen molar-refractivity contribution in [3.8, 4) is 0 Å². The Bertz CT molecular complexity index is 368. The molecule has 2 N–H and O–H groups in total. The second kappa shape index (κ2) is 7.31. The van der Waals surface area contributed by atoms with Crippen LogP contribution in [0.15, 0.2) is 23.4 Å². The van der Waals surface area contributed by atoms with Gasteiger partial charge in [0.15, 0.2) is 0 Å². The lowest BCUT2D eigenvalue weighted by Crippen LogP contribution is -2.29. The third-order valence-corrected chi connectivity index (χ3v) is 4.68. The summed E-state index contributed by atoms with van der Waals surface area (Å²) in [6, 6.07) is 0.655. The van der Waals surface area contributed by atoms with Gasteiger partial charge in [0.25, 0.3) is 0 Å². The highest BCUT2D eigenvalue weighted by atomic mass is 15.0. The molecule has 2 rings (SSSR count). The van der Waals surface area contributed by atoms with E-state index in [9.17, 15) is 0 Å². The van der Waals surface area contributed by atoms with E-state index in [4.69, 9.17) is 0 Å². The minimum absolute atomic E-state index is 0.655. The molecule has 20 heavy (non-hydrogen) atoms. The predicted molar refractivity (Wildman–Crippen MR) is 87.6 cm³/mol. The lowest BCUT2D eigenvalue weighted by Gasteiger charge is -2.15. The smallest absolute Gasteiger partial charge is 0.0343 e. The van der Waals surface area contributed by atoms with Gasteiger partial charge in [-0.1, -0.05) is 32.9 Å². The Labute approximate surface area is 125 Å². The van der Waals surface area contributed by atoms with E-state index in [1.165, 1.54) is 37.9 Å². The highest BCUT2D eigenvalue weighted by Gasteiger charge is 2.34. The molecule has 0 radical (unpaired) electrons. The highest BCUT2D eigenvalue weighted by Crippen LogP contribution is 2.33. The number of fused-ring (bicyclic) bond motifs is 1. The van der Waals surface area contributed by atoms with Crippen LogP contribution in [-0.4, -0.2) is 19.1 Å². The lowest BCUT2D eigenvalue weighted by atomic mass is 9.91. The second-order valence-corrected chi connectivity index (χ2v) is 7.04. The van der Waals surface area contributed by atoms with E-state index in [1.807, 2.05) is 0 Å². The molecule has 1 unspecified atom stereocenters. The Morgan fingerprint density at radius 1 is 1.30 bits per heavy atom. The topological polar surface area (TPSA) is 24.1 Å². The molecule has 114 valence electrons. The van der Waals surface area contributed by atoms with Crippen LogP contribution in [0, 0.1) is 17.8 Å². The molecule has 2 heterocycles. The maximum Gasteiger partial charge on any atom is 0.0343 e. The summed E-state index contributed by atoms with van der Waals surface area (Å²) in [4.78, 5) is 0. The largest absolute Gasteiger partial charge is 0.382 e. The fourth-order valence-corrected chi connectivity index (χ4v) is 3.80. The monoisotopic (exact) mass is 276 g/mol. The van der Waals surface area contributed by atoms with Crippen LogP contribution < -0.4 is 10.6 Å². The first-order valence-corrected chi connectivity index (χ1v) is 8.45. The van der Waals surface area contributed by atoms with Crippen molar-refractivity contribution in [1.82, 2.24) is 10.6 Å². The maximum absolute atomic E-state index is 3.80. The van der Waals surface area contributed by atoms with E-state index in [1.54, 1.807) is 5.57 Å². The Morgan fingerprint density at radius 3 is 2.80 bits per heavy atom. The summed E-state index contributed by atoms with van der Waals surface area (Å²) in [6.07, 6.45) is 9.89. The van der Waals surface area contributed by atoms with Gasteiger partial charge in [0.2, 0.25) is 0 Å². The molecule has 3 atom stereocenters. The van der Waals surface area contributed by atoms with E-state index >= 15 is 0 Å². The van der Waals surface area contributed by atoms with Crippen LogP contribution in [0.25, 0.3) is 0 Å². The molecule has 2 aliphatic heterocycles. The van der Waals surface area contributed by atoms with Gasteiger partial charge in [-0.15, -0.1) is 0 Å². The molecule has 0 aromatic carbocycles. The van der Waals surface area contributed by atoms with Crippen LogP contribution >= 0.6 is 0 Å².